The van der Waals surface area contributed by atoms with Gasteiger partial charge in [0.2, 0.25) is 5.91 Å². The van der Waals surface area contributed by atoms with Crippen molar-refractivity contribution in [2.75, 3.05) is 19.8 Å². The van der Waals surface area contributed by atoms with Crippen LogP contribution in [0.4, 0.5) is 4.79 Å². The van der Waals surface area contributed by atoms with Gasteiger partial charge in [0.1, 0.15) is 12.4 Å². The van der Waals surface area contributed by atoms with E-state index in [0.29, 0.717) is 23.3 Å². The Balaban J connectivity index is 0.00000272. The van der Waals surface area contributed by atoms with Gasteiger partial charge in [0.25, 0.3) is 5.91 Å². The molecule has 11 heteroatoms. The number of carbonyl (C=O) groups is 4. The molecule has 3 aliphatic heterocycles. The fourth-order valence-corrected chi connectivity index (χ4v) is 4.11. The van der Waals surface area contributed by atoms with E-state index < -0.39 is 41.9 Å². The van der Waals surface area contributed by atoms with E-state index in [1.807, 2.05) is 0 Å². The second-order valence-corrected chi connectivity index (χ2v) is 7.33. The van der Waals surface area contributed by atoms with Gasteiger partial charge in [-0.3, -0.25) is 9.59 Å². The summed E-state index contributed by atoms with van der Waals surface area (Å²) >= 11 is 0. The van der Waals surface area contributed by atoms with E-state index >= 15 is 0 Å². The van der Waals surface area contributed by atoms with Crippen molar-refractivity contribution in [1.29, 1.82) is 0 Å². The largest absolute Gasteiger partial charge is 1.00 e. The van der Waals surface area contributed by atoms with E-state index in [-0.39, 0.29) is 55.0 Å². The van der Waals surface area contributed by atoms with Crippen molar-refractivity contribution in [3.63, 3.8) is 0 Å². The number of carboxylic acid groups (broad SMARTS) is 1. The number of ether oxygens (including phenoxy) is 2. The van der Waals surface area contributed by atoms with Crippen LogP contribution in [0.1, 0.15) is 18.9 Å². The smallest absolute Gasteiger partial charge is 0.543 e. The van der Waals surface area contributed by atoms with Crippen LogP contribution >= 0.6 is 0 Å². The Labute approximate surface area is 199 Å². The van der Waals surface area contributed by atoms with E-state index in [1.54, 1.807) is 24.3 Å². The first-order valence-corrected chi connectivity index (χ1v) is 9.45. The molecule has 4 rings (SSSR count). The predicted molar refractivity (Wildman–Crippen MR) is 97.3 cm³/mol. The van der Waals surface area contributed by atoms with E-state index in [9.17, 15) is 29.4 Å². The number of hydrogen-bond acceptors (Lipinski definition) is 8. The topological polar surface area (TPSA) is 137 Å². The molecule has 10 nitrogen and oxygen atoms in total. The van der Waals surface area contributed by atoms with Gasteiger partial charge in [-0.05, 0) is 36.6 Å². The molecule has 3 heterocycles. The van der Waals surface area contributed by atoms with E-state index in [2.05, 4.69) is 0 Å². The van der Waals surface area contributed by atoms with Gasteiger partial charge < -0.3 is 29.4 Å². The van der Waals surface area contributed by atoms with Gasteiger partial charge in [-0.25, -0.2) is 9.69 Å². The van der Waals surface area contributed by atoms with Crippen molar-refractivity contribution in [2.45, 2.75) is 25.5 Å². The summed E-state index contributed by atoms with van der Waals surface area (Å²) in [5.74, 6) is -2.68. The second-order valence-electron chi connectivity index (χ2n) is 7.33. The fourth-order valence-electron chi connectivity index (χ4n) is 4.11. The van der Waals surface area contributed by atoms with Crippen LogP contribution < -0.4 is 39.4 Å². The standard InChI is InChI=1S/C20H20N2O8.Na/c1-10(23)16-14-8-13(17(19(26)27)22(14)18(16)25)11-2-4-12(5-3-11)30-9-15(24)21-6-7-29-20(21)28;/h2-5,10,14,16,23H,6-9H2,1H3,(H,26,27);/q;+1/p-1/t10-,14-,16-;/m1./s1. The zero-order valence-electron chi connectivity index (χ0n) is 17.1. The number of hydrogen-bond donors (Lipinski definition) is 1. The van der Waals surface area contributed by atoms with Gasteiger partial charge in [0.05, 0.1) is 36.3 Å². The van der Waals surface area contributed by atoms with E-state index in [4.69, 9.17) is 9.47 Å². The molecule has 31 heavy (non-hydrogen) atoms. The number of carboxylic acids is 1. The zero-order chi connectivity index (χ0) is 21.6. The molecule has 0 radical (unpaired) electrons. The number of amides is 3. The summed E-state index contributed by atoms with van der Waals surface area (Å²) < 4.78 is 10.1. The number of nitrogens with zero attached hydrogens (tertiary/aromatic N) is 2. The quantitative estimate of drug-likeness (QED) is 0.352. The normalized spacial score (nSPS) is 23.0. The van der Waals surface area contributed by atoms with Crippen LogP contribution in [0, 0.1) is 5.92 Å². The second kappa shape index (κ2) is 8.99. The maximum atomic E-state index is 12.3. The van der Waals surface area contributed by atoms with Gasteiger partial charge >= 0.3 is 35.7 Å². The van der Waals surface area contributed by atoms with Crippen LogP contribution in [0.15, 0.2) is 30.0 Å². The van der Waals surface area contributed by atoms with E-state index in [1.165, 1.54) is 11.8 Å². The minimum Gasteiger partial charge on any atom is -0.543 e. The number of rotatable bonds is 6. The molecule has 0 unspecified atom stereocenters. The summed E-state index contributed by atoms with van der Waals surface area (Å²) in [5, 5.41) is 21.5. The first-order chi connectivity index (χ1) is 14.3. The van der Waals surface area contributed by atoms with E-state index in [0.717, 1.165) is 4.90 Å². The molecule has 3 aliphatic rings. The van der Waals surface area contributed by atoms with Crippen molar-refractivity contribution in [3.05, 3.63) is 35.5 Å². The number of β-lactam (4-membered cyclic amide) rings is 1. The minimum absolute atomic E-state index is 0. The van der Waals surface area contributed by atoms with Gasteiger partial charge in [-0.15, -0.1) is 0 Å². The van der Waals surface area contributed by atoms with Gasteiger partial charge in [0, 0.05) is 0 Å². The zero-order valence-corrected chi connectivity index (χ0v) is 19.1. The Hall–Kier alpha value is -2.40. The molecule has 1 aromatic rings. The molecule has 1 N–H and O–H groups in total. The van der Waals surface area contributed by atoms with Crippen molar-refractivity contribution in [3.8, 4) is 5.75 Å². The maximum absolute atomic E-state index is 12.3. The number of fused-ring (bicyclic) bond motifs is 1. The van der Waals surface area contributed by atoms with Gasteiger partial charge in [0.15, 0.2) is 6.61 Å². The van der Waals surface area contributed by atoms with Gasteiger partial charge in [-0.1, -0.05) is 12.1 Å². The summed E-state index contributed by atoms with van der Waals surface area (Å²) in [4.78, 5) is 49.4. The van der Waals surface area contributed by atoms with Crippen LogP contribution in [-0.4, -0.2) is 70.7 Å². The first-order valence-electron chi connectivity index (χ1n) is 9.45. The Morgan fingerprint density at radius 1 is 1.29 bits per heavy atom. The Morgan fingerprint density at radius 3 is 2.52 bits per heavy atom. The monoisotopic (exact) mass is 438 g/mol. The number of aliphatic hydroxyl groups is 1. The molecule has 158 valence electrons. The molecule has 0 spiro atoms. The Bertz CT molecular complexity index is 958. The van der Waals surface area contributed by atoms with Crippen LogP contribution in [0.5, 0.6) is 5.75 Å². The Morgan fingerprint density at radius 2 is 1.97 bits per heavy atom. The maximum Gasteiger partial charge on any atom is 1.00 e. The van der Waals surface area contributed by atoms with Crippen LogP contribution in [0.25, 0.3) is 5.57 Å². The number of cyclic esters (lactones) is 1. The molecular weight excluding hydrogens is 419 g/mol. The molecule has 0 saturated carbocycles. The average Bonchev–Trinajstić information content (AvgIpc) is 3.27. The number of imide groups is 1. The number of aliphatic carboxylic acids is 1. The average molecular weight is 438 g/mol. The summed E-state index contributed by atoms with van der Waals surface area (Å²) in [6.45, 7) is 1.50. The molecule has 2 fully saturated rings. The molecule has 0 aliphatic carbocycles. The first kappa shape index (κ1) is 23.3. The predicted octanol–water partition coefficient (Wildman–Crippen LogP) is -3.88. The third kappa shape index (κ3) is 4.08. The van der Waals surface area contributed by atoms with Crippen LogP contribution in [0.2, 0.25) is 0 Å². The van der Waals surface area contributed by atoms with Crippen molar-refractivity contribution in [2.24, 2.45) is 5.92 Å². The van der Waals surface area contributed by atoms with Gasteiger partial charge in [-0.2, -0.15) is 0 Å². The van der Waals surface area contributed by atoms with Crippen LogP contribution in [-0.2, 0) is 19.1 Å². The number of carbonyl (C=O) groups excluding carboxylic acids is 4. The summed E-state index contributed by atoms with van der Waals surface area (Å²) in [7, 11) is 0. The van der Waals surface area contributed by atoms with Crippen LogP contribution in [0.3, 0.4) is 0 Å². The van der Waals surface area contributed by atoms with Crippen molar-refractivity contribution >= 4 is 29.5 Å². The third-order valence-corrected chi connectivity index (χ3v) is 5.55. The minimum atomic E-state index is -1.45. The summed E-state index contributed by atoms with van der Waals surface area (Å²) in [6.07, 6.45) is -1.28. The summed E-state index contributed by atoms with van der Waals surface area (Å²) in [6, 6.07) is 5.96. The molecule has 0 aromatic heterocycles. The number of aliphatic hydroxyl groups excluding tert-OH is 1. The molecule has 0 bridgehead atoms. The SMILES string of the molecule is C[C@@H](O)[C@H]1C(=O)N2C(C(=O)[O-])=C(c3ccc(OCC(=O)N4CCOC4=O)cc3)C[C@H]12.[Na+]. The molecule has 3 atom stereocenters. The van der Waals surface area contributed by atoms with Crippen molar-refractivity contribution < 1.29 is 68.4 Å². The Kier molecular flexibility index (Phi) is 6.75. The fraction of sp³-hybridized carbons (Fsp3) is 0.400. The number of benzene rings is 1. The molecule has 3 amide bonds. The summed E-state index contributed by atoms with van der Waals surface area (Å²) in [5.41, 5.74) is 0.833. The molecular formula is C20H19N2NaO8. The third-order valence-electron chi connectivity index (χ3n) is 5.55. The molecule has 2 saturated heterocycles. The van der Waals surface area contributed by atoms with Crippen molar-refractivity contribution in [1.82, 2.24) is 9.80 Å². The molecule has 1 aromatic carbocycles.